The lowest BCUT2D eigenvalue weighted by molar-refractivity contribution is -0.116. The number of para-hydroxylation sites is 1. The minimum Gasteiger partial charge on any atom is -0.356 e. The Morgan fingerprint density at radius 1 is 1.19 bits per heavy atom. The number of nitrogens with one attached hydrogen (secondary N) is 3. The van der Waals surface area contributed by atoms with E-state index in [4.69, 9.17) is 0 Å². The second-order valence-corrected chi connectivity index (χ2v) is 7.26. The number of benzene rings is 2. The van der Waals surface area contributed by atoms with Crippen molar-refractivity contribution in [3.05, 3.63) is 77.9 Å². The monoisotopic (exact) mass is 531 g/mol. The number of rotatable bonds is 6. The van der Waals surface area contributed by atoms with Crippen LogP contribution in [0.2, 0.25) is 0 Å². The quantitative estimate of drug-likeness (QED) is 0.258. The summed E-state index contributed by atoms with van der Waals surface area (Å²) in [5.74, 6) is 0.868. The van der Waals surface area contributed by atoms with Crippen molar-refractivity contribution in [3.8, 4) is 0 Å². The van der Waals surface area contributed by atoms with E-state index < -0.39 is 0 Å². The van der Waals surface area contributed by atoms with Gasteiger partial charge in [0.1, 0.15) is 12.7 Å². The van der Waals surface area contributed by atoms with Gasteiger partial charge in [-0.2, -0.15) is 5.10 Å². The number of carbonyl (C=O) groups excluding carboxylic acids is 1. The summed E-state index contributed by atoms with van der Waals surface area (Å²) in [5, 5.41) is 13.8. The van der Waals surface area contributed by atoms with Crippen LogP contribution >= 0.6 is 24.0 Å². The molecule has 0 saturated heterocycles. The zero-order valence-electron chi connectivity index (χ0n) is 17.3. The second-order valence-electron chi connectivity index (χ2n) is 7.26. The Morgan fingerprint density at radius 3 is 2.84 bits per heavy atom. The average Bonchev–Trinajstić information content (AvgIpc) is 3.27. The molecule has 1 aliphatic rings. The highest BCUT2D eigenvalue weighted by Crippen LogP contribution is 2.31. The molecule has 1 aromatic heterocycles. The van der Waals surface area contributed by atoms with Crippen molar-refractivity contribution in [3.63, 3.8) is 0 Å². The highest BCUT2D eigenvalue weighted by molar-refractivity contribution is 14.0. The topological polar surface area (TPSA) is 96.2 Å². The van der Waals surface area contributed by atoms with Crippen molar-refractivity contribution in [1.29, 1.82) is 0 Å². The first kappa shape index (κ1) is 22.7. The summed E-state index contributed by atoms with van der Waals surface area (Å²) in [6.07, 6.45) is 3.71. The van der Waals surface area contributed by atoms with E-state index in [1.807, 2.05) is 24.3 Å². The third-order valence-electron chi connectivity index (χ3n) is 5.11. The van der Waals surface area contributed by atoms with Crippen molar-refractivity contribution in [1.82, 2.24) is 25.4 Å². The van der Waals surface area contributed by atoms with E-state index in [9.17, 15) is 4.79 Å². The number of anilines is 1. The molecule has 4 rings (SSSR count). The molecule has 31 heavy (non-hydrogen) atoms. The van der Waals surface area contributed by atoms with E-state index >= 15 is 0 Å². The van der Waals surface area contributed by atoms with Gasteiger partial charge in [0.25, 0.3) is 0 Å². The molecule has 8 nitrogen and oxygen atoms in total. The molecule has 2 aromatic carbocycles. The predicted octanol–water partition coefficient (Wildman–Crippen LogP) is 2.74. The molecule has 0 radical (unpaired) electrons. The number of hydrogen-bond acceptors (Lipinski definition) is 4. The van der Waals surface area contributed by atoms with E-state index in [1.165, 1.54) is 6.33 Å². The Morgan fingerprint density at radius 2 is 2.03 bits per heavy atom. The predicted molar refractivity (Wildman–Crippen MR) is 132 cm³/mol. The van der Waals surface area contributed by atoms with Crippen LogP contribution in [0.3, 0.4) is 0 Å². The third-order valence-corrected chi connectivity index (χ3v) is 5.11. The summed E-state index contributed by atoms with van der Waals surface area (Å²) in [6.45, 7) is 1.97. The molecule has 0 bridgehead atoms. The summed E-state index contributed by atoms with van der Waals surface area (Å²) in [6, 6.07) is 16.3. The number of fused-ring (bicyclic) bond motifs is 1. The fraction of sp³-hybridized carbons (Fsp3) is 0.273. The maximum Gasteiger partial charge on any atom is 0.225 e. The molecule has 0 spiro atoms. The standard InChI is InChI=1S/C22H25N7O.HI/c1-23-22(26-12-18-10-21(30)28-20-8-3-2-7-19(18)20)25-11-16-5-4-6-17(9-16)13-29-15-24-14-27-29;/h2-9,14-15,18H,10-13H2,1H3,(H,28,30)(H2,23,25,26);1H. The van der Waals surface area contributed by atoms with E-state index in [0.717, 1.165) is 22.4 Å². The highest BCUT2D eigenvalue weighted by Gasteiger charge is 2.24. The number of hydrogen-bond donors (Lipinski definition) is 3. The van der Waals surface area contributed by atoms with Gasteiger partial charge in [-0.25, -0.2) is 9.67 Å². The molecule has 1 atom stereocenters. The molecular formula is C22H26IN7O. The van der Waals surface area contributed by atoms with Gasteiger partial charge in [0, 0.05) is 38.2 Å². The molecule has 1 unspecified atom stereocenters. The Kier molecular flexibility index (Phi) is 7.99. The Balaban J connectivity index is 0.00000272. The molecule has 0 saturated carbocycles. The van der Waals surface area contributed by atoms with E-state index in [0.29, 0.717) is 32.0 Å². The normalized spacial score (nSPS) is 15.5. The Labute approximate surface area is 198 Å². The van der Waals surface area contributed by atoms with E-state index in [1.54, 1.807) is 18.1 Å². The first-order valence-electron chi connectivity index (χ1n) is 9.95. The summed E-state index contributed by atoms with van der Waals surface area (Å²) >= 11 is 0. The van der Waals surface area contributed by atoms with Gasteiger partial charge in [0.2, 0.25) is 5.91 Å². The van der Waals surface area contributed by atoms with Gasteiger partial charge in [0.05, 0.1) is 6.54 Å². The summed E-state index contributed by atoms with van der Waals surface area (Å²) < 4.78 is 1.80. The smallest absolute Gasteiger partial charge is 0.225 e. The number of amides is 1. The molecule has 0 fully saturated rings. The molecular weight excluding hydrogens is 505 g/mol. The van der Waals surface area contributed by atoms with Crippen LogP contribution < -0.4 is 16.0 Å². The Bertz CT molecular complexity index is 1040. The number of halogens is 1. The van der Waals surface area contributed by atoms with Gasteiger partial charge in [-0.3, -0.25) is 9.79 Å². The average molecular weight is 531 g/mol. The van der Waals surface area contributed by atoms with Gasteiger partial charge in [-0.05, 0) is 22.8 Å². The number of carbonyl (C=O) groups is 1. The lowest BCUT2D eigenvalue weighted by atomic mass is 9.90. The summed E-state index contributed by atoms with van der Waals surface area (Å²) in [5.41, 5.74) is 4.36. The number of aromatic nitrogens is 3. The maximum absolute atomic E-state index is 12.0. The van der Waals surface area contributed by atoms with Crippen molar-refractivity contribution in [2.45, 2.75) is 25.4 Å². The zero-order valence-corrected chi connectivity index (χ0v) is 19.6. The molecule has 3 N–H and O–H groups in total. The minimum absolute atomic E-state index is 0. The molecule has 162 valence electrons. The van der Waals surface area contributed by atoms with Gasteiger partial charge >= 0.3 is 0 Å². The molecule has 3 aromatic rings. The van der Waals surface area contributed by atoms with Crippen LogP contribution in [0, 0.1) is 0 Å². The number of nitrogens with zero attached hydrogens (tertiary/aromatic N) is 4. The lowest BCUT2D eigenvalue weighted by Crippen LogP contribution is -2.40. The Hall–Kier alpha value is -2.95. The summed E-state index contributed by atoms with van der Waals surface area (Å²) in [4.78, 5) is 20.3. The maximum atomic E-state index is 12.0. The van der Waals surface area contributed by atoms with E-state index in [-0.39, 0.29) is 35.8 Å². The lowest BCUT2D eigenvalue weighted by Gasteiger charge is -2.26. The summed E-state index contributed by atoms with van der Waals surface area (Å²) in [7, 11) is 1.75. The van der Waals surface area contributed by atoms with Crippen LogP contribution in [-0.4, -0.2) is 40.2 Å². The van der Waals surface area contributed by atoms with Gasteiger partial charge in [-0.1, -0.05) is 42.5 Å². The fourth-order valence-corrected chi connectivity index (χ4v) is 3.65. The number of guanidine groups is 1. The first-order valence-corrected chi connectivity index (χ1v) is 9.95. The molecule has 1 amide bonds. The van der Waals surface area contributed by atoms with Crippen molar-refractivity contribution in [2.75, 3.05) is 18.9 Å². The van der Waals surface area contributed by atoms with Crippen LogP contribution in [0.15, 0.2) is 66.2 Å². The van der Waals surface area contributed by atoms with Gasteiger partial charge in [0.15, 0.2) is 5.96 Å². The molecule has 1 aliphatic heterocycles. The van der Waals surface area contributed by atoms with Crippen LogP contribution in [0.4, 0.5) is 5.69 Å². The third kappa shape index (κ3) is 6.03. The zero-order chi connectivity index (χ0) is 20.8. The largest absolute Gasteiger partial charge is 0.356 e. The van der Waals surface area contributed by atoms with Crippen molar-refractivity contribution >= 4 is 41.5 Å². The van der Waals surface area contributed by atoms with Gasteiger partial charge in [-0.15, -0.1) is 24.0 Å². The number of aliphatic imine (C=N–C) groups is 1. The van der Waals surface area contributed by atoms with E-state index in [2.05, 4.69) is 55.3 Å². The molecule has 2 heterocycles. The van der Waals surface area contributed by atoms with Crippen molar-refractivity contribution < 1.29 is 4.79 Å². The molecule has 9 heteroatoms. The molecule has 0 aliphatic carbocycles. The van der Waals surface area contributed by atoms with Crippen LogP contribution in [0.25, 0.3) is 0 Å². The van der Waals surface area contributed by atoms with Gasteiger partial charge < -0.3 is 16.0 Å². The van der Waals surface area contributed by atoms with Crippen LogP contribution in [0.1, 0.15) is 29.0 Å². The van der Waals surface area contributed by atoms with Crippen molar-refractivity contribution in [2.24, 2.45) is 4.99 Å². The van der Waals surface area contributed by atoms with Crippen LogP contribution in [0.5, 0.6) is 0 Å². The second kappa shape index (κ2) is 10.9. The van der Waals surface area contributed by atoms with Crippen LogP contribution in [-0.2, 0) is 17.9 Å². The SMILES string of the molecule is CN=C(NCc1cccc(Cn2cncn2)c1)NCC1CC(=O)Nc2ccccc21.I. The first-order chi connectivity index (χ1) is 14.7. The minimum atomic E-state index is 0. The fourth-order valence-electron chi connectivity index (χ4n) is 3.65. The highest BCUT2D eigenvalue weighted by atomic mass is 127.